The molecule has 2 heterocycles. The van der Waals surface area contributed by atoms with Crippen molar-refractivity contribution < 1.29 is 14.0 Å². The van der Waals surface area contributed by atoms with E-state index in [1.54, 1.807) is 12.1 Å². The van der Waals surface area contributed by atoms with Crippen molar-refractivity contribution in [1.29, 1.82) is 0 Å². The third-order valence-corrected chi connectivity index (χ3v) is 6.99. The number of halogens is 1. The summed E-state index contributed by atoms with van der Waals surface area (Å²) in [7, 11) is 0. The minimum Gasteiger partial charge on any atom is -0.342 e. The van der Waals surface area contributed by atoms with Crippen LogP contribution in [0.15, 0.2) is 24.3 Å². The molecule has 27 heavy (non-hydrogen) atoms. The van der Waals surface area contributed by atoms with E-state index in [0.717, 1.165) is 50.8 Å². The van der Waals surface area contributed by atoms with Gasteiger partial charge < -0.3 is 9.80 Å². The van der Waals surface area contributed by atoms with Crippen molar-refractivity contribution in [2.45, 2.75) is 51.4 Å². The van der Waals surface area contributed by atoms with Crippen LogP contribution in [0.3, 0.4) is 0 Å². The molecule has 0 spiro atoms. The zero-order valence-corrected chi connectivity index (χ0v) is 16.3. The van der Waals surface area contributed by atoms with E-state index < -0.39 is 5.41 Å². The number of carbonyl (C=O) groups is 2. The average Bonchev–Trinajstić information content (AvgIpc) is 3.02. The summed E-state index contributed by atoms with van der Waals surface area (Å²) in [5, 5.41) is 0. The van der Waals surface area contributed by atoms with E-state index >= 15 is 0 Å². The second-order valence-corrected chi connectivity index (χ2v) is 9.07. The Kier molecular flexibility index (Phi) is 4.52. The number of nitrogens with zero attached hydrogens (tertiary/aromatic N) is 2. The predicted molar refractivity (Wildman–Crippen MR) is 102 cm³/mol. The normalized spacial score (nSPS) is 27.7. The maximum atomic E-state index is 13.5. The first kappa shape index (κ1) is 18.5. The van der Waals surface area contributed by atoms with Gasteiger partial charge in [0.15, 0.2) is 0 Å². The van der Waals surface area contributed by atoms with E-state index in [4.69, 9.17) is 0 Å². The molecule has 0 radical (unpaired) electrons. The fourth-order valence-electron chi connectivity index (χ4n) is 5.13. The molecule has 1 aromatic carbocycles. The van der Waals surface area contributed by atoms with Gasteiger partial charge in [0.2, 0.25) is 11.8 Å². The zero-order valence-electron chi connectivity index (χ0n) is 16.3. The standard InChI is InChI=1S/C22H29FN2O2/c1-21(2)15-22(21,17-5-7-18(23)8-6-17)20(27)25-13-9-16(10-14-25)19(26)24-11-3-4-12-24/h5-8,16H,3-4,9-15H2,1-2H3/t22-/m1/s1. The molecule has 0 aromatic heterocycles. The molecule has 3 fully saturated rings. The van der Waals surface area contributed by atoms with Crippen LogP contribution < -0.4 is 0 Å². The fraction of sp³-hybridized carbons (Fsp3) is 0.636. The van der Waals surface area contributed by atoms with Gasteiger partial charge in [0, 0.05) is 32.1 Å². The maximum absolute atomic E-state index is 13.5. The lowest BCUT2D eigenvalue weighted by atomic mass is 9.85. The van der Waals surface area contributed by atoms with Crippen molar-refractivity contribution in [3.63, 3.8) is 0 Å². The van der Waals surface area contributed by atoms with Crippen molar-refractivity contribution >= 4 is 11.8 Å². The van der Waals surface area contributed by atoms with Crippen LogP contribution in [0.1, 0.15) is 51.5 Å². The lowest BCUT2D eigenvalue weighted by molar-refractivity contribution is -0.141. The van der Waals surface area contributed by atoms with E-state index in [1.807, 2.05) is 9.80 Å². The average molecular weight is 372 g/mol. The van der Waals surface area contributed by atoms with Crippen LogP contribution >= 0.6 is 0 Å². The zero-order chi connectivity index (χ0) is 19.2. The van der Waals surface area contributed by atoms with Gasteiger partial charge in [-0.1, -0.05) is 26.0 Å². The van der Waals surface area contributed by atoms with Gasteiger partial charge in [-0.15, -0.1) is 0 Å². The monoisotopic (exact) mass is 372 g/mol. The smallest absolute Gasteiger partial charge is 0.233 e. The molecule has 4 nitrogen and oxygen atoms in total. The van der Waals surface area contributed by atoms with Crippen LogP contribution in [0, 0.1) is 17.2 Å². The Labute approximate surface area is 160 Å². The van der Waals surface area contributed by atoms with Crippen molar-refractivity contribution in [3.05, 3.63) is 35.6 Å². The first-order valence-corrected chi connectivity index (χ1v) is 10.2. The third kappa shape index (κ3) is 3.05. The minimum atomic E-state index is -0.549. The topological polar surface area (TPSA) is 40.6 Å². The second kappa shape index (κ2) is 6.61. The molecule has 3 aliphatic rings. The van der Waals surface area contributed by atoms with Crippen LogP contribution in [0.2, 0.25) is 0 Å². The summed E-state index contributed by atoms with van der Waals surface area (Å²) in [4.78, 5) is 30.0. The van der Waals surface area contributed by atoms with Gasteiger partial charge in [-0.3, -0.25) is 9.59 Å². The first-order chi connectivity index (χ1) is 12.8. The molecule has 2 aliphatic heterocycles. The number of amides is 2. The summed E-state index contributed by atoms with van der Waals surface area (Å²) >= 11 is 0. The van der Waals surface area contributed by atoms with Gasteiger partial charge in [0.1, 0.15) is 5.82 Å². The Bertz CT molecular complexity index is 731. The van der Waals surface area contributed by atoms with Gasteiger partial charge in [-0.05, 0) is 55.2 Å². The molecule has 146 valence electrons. The highest BCUT2D eigenvalue weighted by atomic mass is 19.1. The van der Waals surface area contributed by atoms with Crippen molar-refractivity contribution in [2.24, 2.45) is 11.3 Å². The number of hydrogen-bond donors (Lipinski definition) is 0. The first-order valence-electron chi connectivity index (χ1n) is 10.2. The van der Waals surface area contributed by atoms with E-state index in [9.17, 15) is 14.0 Å². The molecule has 1 atom stereocenters. The number of hydrogen-bond acceptors (Lipinski definition) is 2. The van der Waals surface area contributed by atoms with Crippen molar-refractivity contribution in [2.75, 3.05) is 26.2 Å². The van der Waals surface area contributed by atoms with Crippen molar-refractivity contribution in [3.8, 4) is 0 Å². The highest BCUT2D eigenvalue weighted by Crippen LogP contribution is 2.65. The molecular formula is C22H29FN2O2. The number of piperidine rings is 1. The molecule has 0 bridgehead atoms. The Morgan fingerprint density at radius 1 is 0.963 bits per heavy atom. The van der Waals surface area contributed by atoms with Gasteiger partial charge in [-0.25, -0.2) is 4.39 Å². The number of benzene rings is 1. The SMILES string of the molecule is CC1(C)C[C@]1(C(=O)N1CCC(C(=O)N2CCCC2)CC1)c1ccc(F)cc1. The van der Waals surface area contributed by atoms with Crippen molar-refractivity contribution in [1.82, 2.24) is 9.80 Å². The summed E-state index contributed by atoms with van der Waals surface area (Å²) < 4.78 is 13.4. The third-order valence-electron chi connectivity index (χ3n) is 6.99. The highest BCUT2D eigenvalue weighted by molar-refractivity contribution is 5.93. The molecule has 2 saturated heterocycles. The summed E-state index contributed by atoms with van der Waals surface area (Å²) in [6.07, 6.45) is 4.51. The van der Waals surface area contributed by atoms with Gasteiger partial charge in [0.05, 0.1) is 5.41 Å². The van der Waals surface area contributed by atoms with E-state index in [-0.39, 0.29) is 29.0 Å². The molecule has 1 aliphatic carbocycles. The molecule has 1 saturated carbocycles. The largest absolute Gasteiger partial charge is 0.342 e. The molecule has 4 rings (SSSR count). The van der Waals surface area contributed by atoms with E-state index in [2.05, 4.69) is 13.8 Å². The lowest BCUT2D eigenvalue weighted by Gasteiger charge is -2.36. The van der Waals surface area contributed by atoms with Gasteiger partial charge in [0.25, 0.3) is 0 Å². The minimum absolute atomic E-state index is 0.0566. The van der Waals surface area contributed by atoms with Crippen LogP contribution in [-0.2, 0) is 15.0 Å². The second-order valence-electron chi connectivity index (χ2n) is 9.07. The lowest BCUT2D eigenvalue weighted by Crippen LogP contribution is -2.48. The molecular weight excluding hydrogens is 343 g/mol. The Morgan fingerprint density at radius 3 is 2.04 bits per heavy atom. The Balaban J connectivity index is 1.45. The summed E-state index contributed by atoms with van der Waals surface area (Å²) in [5.41, 5.74) is 0.241. The van der Waals surface area contributed by atoms with Crippen LogP contribution in [0.5, 0.6) is 0 Å². The quantitative estimate of drug-likeness (QED) is 0.816. The summed E-state index contributed by atoms with van der Waals surface area (Å²) in [6.45, 7) is 7.28. The predicted octanol–water partition coefficient (Wildman–Crippen LogP) is 3.35. The molecule has 5 heteroatoms. The molecule has 0 unspecified atom stereocenters. The van der Waals surface area contributed by atoms with E-state index in [0.29, 0.717) is 13.1 Å². The van der Waals surface area contributed by atoms with Crippen LogP contribution in [-0.4, -0.2) is 47.8 Å². The number of rotatable bonds is 3. The summed E-state index contributed by atoms with van der Waals surface area (Å²) in [5.74, 6) is 0.202. The molecule has 1 aromatic rings. The van der Waals surface area contributed by atoms with E-state index in [1.165, 1.54) is 12.1 Å². The summed E-state index contributed by atoms with van der Waals surface area (Å²) in [6, 6.07) is 6.40. The number of likely N-dealkylation sites (tertiary alicyclic amines) is 2. The van der Waals surface area contributed by atoms with Crippen LogP contribution in [0.25, 0.3) is 0 Å². The molecule has 2 amide bonds. The maximum Gasteiger partial charge on any atom is 0.233 e. The molecule has 0 N–H and O–H groups in total. The Hall–Kier alpha value is -1.91. The Morgan fingerprint density at radius 2 is 1.52 bits per heavy atom. The number of carbonyl (C=O) groups excluding carboxylic acids is 2. The van der Waals surface area contributed by atoms with Gasteiger partial charge >= 0.3 is 0 Å². The van der Waals surface area contributed by atoms with Gasteiger partial charge in [-0.2, -0.15) is 0 Å². The van der Waals surface area contributed by atoms with Crippen LogP contribution in [0.4, 0.5) is 4.39 Å². The highest BCUT2D eigenvalue weighted by Gasteiger charge is 2.68. The fourth-order valence-corrected chi connectivity index (χ4v) is 5.13.